The molecule has 2 aromatic rings. The van der Waals surface area contributed by atoms with Gasteiger partial charge in [-0.05, 0) is 37.0 Å². The smallest absolute Gasteiger partial charge is 0.243 e. The van der Waals surface area contributed by atoms with Crippen LogP contribution in [0.1, 0.15) is 43.9 Å². The number of hydrogen-bond acceptors (Lipinski definition) is 9. The van der Waals surface area contributed by atoms with Crippen molar-refractivity contribution < 1.29 is 42.7 Å². The fourth-order valence-corrected chi connectivity index (χ4v) is 4.81. The molecular formula is C32H43FN10O8. The molecule has 3 atom stereocenters. The number of halogens is 1. The average molecular weight is 715 g/mol. The van der Waals surface area contributed by atoms with Gasteiger partial charge < -0.3 is 47.5 Å². The molecule has 1 aliphatic rings. The second kappa shape index (κ2) is 20.6. The third kappa shape index (κ3) is 15.0. The minimum absolute atomic E-state index is 0.137. The quantitative estimate of drug-likeness (QED) is 0.141. The molecule has 276 valence electrons. The van der Waals surface area contributed by atoms with Gasteiger partial charge in [0, 0.05) is 45.5 Å². The predicted molar refractivity (Wildman–Crippen MR) is 177 cm³/mol. The summed E-state index contributed by atoms with van der Waals surface area (Å²) in [5, 5.41) is 20.1. The van der Waals surface area contributed by atoms with Gasteiger partial charge >= 0.3 is 0 Å². The molecule has 8 amide bonds. The minimum atomic E-state index is -1.36. The van der Waals surface area contributed by atoms with E-state index in [4.69, 9.17) is 0 Å². The van der Waals surface area contributed by atoms with E-state index in [1.54, 1.807) is 0 Å². The Labute approximate surface area is 292 Å². The lowest BCUT2D eigenvalue weighted by Crippen LogP contribution is -2.58. The van der Waals surface area contributed by atoms with Crippen molar-refractivity contribution in [3.63, 3.8) is 0 Å². The molecule has 1 aromatic heterocycles. The number of carbonyl (C=O) groups is 8. The second-order valence-corrected chi connectivity index (χ2v) is 11.7. The zero-order valence-electron chi connectivity index (χ0n) is 28.1. The first kappa shape index (κ1) is 39.6. The number of rotatable bonds is 7. The number of nitrogens with zero attached hydrogens (tertiary/aromatic N) is 1. The molecule has 9 N–H and O–H groups in total. The topological polar surface area (TPSA) is 261 Å². The standard InChI is InChI=1S/C32H43FN10O8/c1-19(44)37-17-29(48)41-23-8-9-26(45)35-10-2-3-11-36-27(46)15-38-28(47)16-39-30(49)24(12-20-4-6-21(33)7-5-20)42-32(51)25(43-31(23)50)13-22-14-34-18-40-22/h4-7,14,18,23-25H,2-3,8-13,15-17H2,1H3,(H,34,40)(H,35,45)(H,36,46)(H,37,44)(H,38,47)(H,39,49)(H,41,48)(H,42,51)(H,43,50)/t23-,24+,25-/m0/s1. The molecule has 19 heteroatoms. The molecule has 18 nitrogen and oxygen atoms in total. The molecule has 0 saturated carbocycles. The maximum atomic E-state index is 13.8. The van der Waals surface area contributed by atoms with Crippen molar-refractivity contribution in [3.05, 3.63) is 53.9 Å². The minimum Gasteiger partial charge on any atom is -0.356 e. The van der Waals surface area contributed by atoms with Crippen LogP contribution >= 0.6 is 0 Å². The molecule has 0 bridgehead atoms. The normalized spacial score (nSPS) is 20.7. The Hall–Kier alpha value is -5.88. The Kier molecular flexibility index (Phi) is 16.0. The van der Waals surface area contributed by atoms with Crippen LogP contribution < -0.4 is 42.5 Å². The van der Waals surface area contributed by atoms with Crippen LogP contribution in [0.5, 0.6) is 0 Å². The van der Waals surface area contributed by atoms with Crippen molar-refractivity contribution in [2.24, 2.45) is 0 Å². The third-order valence-corrected chi connectivity index (χ3v) is 7.51. The molecule has 1 aliphatic heterocycles. The van der Waals surface area contributed by atoms with E-state index in [9.17, 15) is 42.7 Å². The highest BCUT2D eigenvalue weighted by atomic mass is 19.1. The van der Waals surface area contributed by atoms with Crippen LogP contribution in [0.25, 0.3) is 0 Å². The van der Waals surface area contributed by atoms with E-state index in [-0.39, 0.29) is 45.3 Å². The van der Waals surface area contributed by atoms with Crippen LogP contribution in [-0.2, 0) is 51.2 Å². The highest BCUT2D eigenvalue weighted by Gasteiger charge is 2.31. The first-order chi connectivity index (χ1) is 24.4. The van der Waals surface area contributed by atoms with Gasteiger partial charge in [0.05, 0.1) is 31.7 Å². The predicted octanol–water partition coefficient (Wildman–Crippen LogP) is -3.04. The first-order valence-corrected chi connectivity index (χ1v) is 16.3. The van der Waals surface area contributed by atoms with E-state index < -0.39 is 84.3 Å². The molecule has 1 aromatic carbocycles. The number of hydrogen-bond donors (Lipinski definition) is 9. The van der Waals surface area contributed by atoms with Gasteiger partial charge in [-0.25, -0.2) is 9.37 Å². The molecule has 1 fully saturated rings. The summed E-state index contributed by atoms with van der Waals surface area (Å²) in [4.78, 5) is 109. The van der Waals surface area contributed by atoms with Crippen LogP contribution in [0.2, 0.25) is 0 Å². The summed E-state index contributed by atoms with van der Waals surface area (Å²) in [5.74, 6) is -5.76. The molecule has 2 heterocycles. The van der Waals surface area contributed by atoms with Gasteiger partial charge in [-0.3, -0.25) is 38.4 Å². The van der Waals surface area contributed by atoms with Crippen molar-refractivity contribution >= 4 is 47.3 Å². The van der Waals surface area contributed by atoms with Crippen molar-refractivity contribution in [2.75, 3.05) is 32.7 Å². The van der Waals surface area contributed by atoms with E-state index in [0.717, 1.165) is 0 Å². The number of aromatic nitrogens is 2. The van der Waals surface area contributed by atoms with Crippen molar-refractivity contribution in [3.8, 4) is 0 Å². The maximum absolute atomic E-state index is 13.8. The molecule has 0 unspecified atom stereocenters. The number of amides is 8. The Bertz CT molecular complexity index is 1540. The monoisotopic (exact) mass is 714 g/mol. The average Bonchev–Trinajstić information content (AvgIpc) is 3.61. The van der Waals surface area contributed by atoms with Crippen LogP contribution in [-0.4, -0.2) is 108 Å². The summed E-state index contributed by atoms with van der Waals surface area (Å²) in [5.41, 5.74) is 0.821. The summed E-state index contributed by atoms with van der Waals surface area (Å²) < 4.78 is 13.6. The number of H-pyrrole nitrogens is 1. The highest BCUT2D eigenvalue weighted by Crippen LogP contribution is 2.09. The number of nitrogens with one attached hydrogen (secondary N) is 9. The molecule has 0 spiro atoms. The molecular weight excluding hydrogens is 671 g/mol. The summed E-state index contributed by atoms with van der Waals surface area (Å²) in [7, 11) is 0. The van der Waals surface area contributed by atoms with Crippen LogP contribution in [0.3, 0.4) is 0 Å². The molecule has 51 heavy (non-hydrogen) atoms. The zero-order chi connectivity index (χ0) is 37.2. The zero-order valence-corrected chi connectivity index (χ0v) is 28.1. The number of imidazole rings is 1. The van der Waals surface area contributed by atoms with Gasteiger partial charge in [0.1, 0.15) is 23.9 Å². The van der Waals surface area contributed by atoms with Crippen molar-refractivity contribution in [1.82, 2.24) is 52.5 Å². The Morgan fingerprint density at radius 2 is 1.43 bits per heavy atom. The number of benzene rings is 1. The van der Waals surface area contributed by atoms with E-state index in [1.807, 2.05) is 0 Å². The van der Waals surface area contributed by atoms with E-state index in [0.29, 0.717) is 24.1 Å². The number of aromatic amines is 1. The fraction of sp³-hybridized carbons (Fsp3) is 0.469. The van der Waals surface area contributed by atoms with Gasteiger partial charge in [-0.2, -0.15) is 0 Å². The third-order valence-electron chi connectivity index (χ3n) is 7.51. The Morgan fingerprint density at radius 3 is 2.10 bits per heavy atom. The fourth-order valence-electron chi connectivity index (χ4n) is 4.81. The summed E-state index contributed by atoms with van der Waals surface area (Å²) in [6.07, 6.45) is 3.20. The van der Waals surface area contributed by atoms with Crippen LogP contribution in [0.4, 0.5) is 4.39 Å². The van der Waals surface area contributed by atoms with Gasteiger partial charge in [0.15, 0.2) is 0 Å². The molecule has 0 radical (unpaired) electrons. The van der Waals surface area contributed by atoms with Crippen LogP contribution in [0.15, 0.2) is 36.8 Å². The summed E-state index contributed by atoms with van der Waals surface area (Å²) in [6, 6.07) is 1.17. The number of carbonyl (C=O) groups excluding carboxylic acids is 8. The highest BCUT2D eigenvalue weighted by molar-refractivity contribution is 5.96. The van der Waals surface area contributed by atoms with Crippen molar-refractivity contribution in [2.45, 2.75) is 63.6 Å². The van der Waals surface area contributed by atoms with Gasteiger partial charge in [-0.1, -0.05) is 12.1 Å². The molecule has 3 rings (SSSR count). The summed E-state index contributed by atoms with van der Waals surface area (Å²) in [6.45, 7) is 0.417. The Morgan fingerprint density at radius 1 is 0.804 bits per heavy atom. The van der Waals surface area contributed by atoms with Gasteiger partial charge in [0.2, 0.25) is 47.3 Å². The first-order valence-electron chi connectivity index (χ1n) is 16.3. The lowest BCUT2D eigenvalue weighted by molar-refractivity contribution is -0.134. The van der Waals surface area contributed by atoms with Crippen LogP contribution in [0, 0.1) is 5.82 Å². The SMILES string of the molecule is CC(=O)NCC(=O)N[C@H]1CCC(=O)NCCCCNC(=O)CNC(=O)CNC(=O)[C@@H](Cc2ccc(F)cc2)NC(=O)[C@H](Cc2c[nH]cn2)NC1=O. The van der Waals surface area contributed by atoms with E-state index in [1.165, 1.54) is 43.7 Å². The van der Waals surface area contributed by atoms with E-state index in [2.05, 4.69) is 52.5 Å². The summed E-state index contributed by atoms with van der Waals surface area (Å²) >= 11 is 0. The second-order valence-electron chi connectivity index (χ2n) is 11.7. The maximum Gasteiger partial charge on any atom is 0.243 e. The van der Waals surface area contributed by atoms with Gasteiger partial charge in [0.25, 0.3) is 0 Å². The van der Waals surface area contributed by atoms with E-state index >= 15 is 0 Å². The lowest BCUT2D eigenvalue weighted by atomic mass is 10.0. The molecule has 1 saturated heterocycles. The van der Waals surface area contributed by atoms with Gasteiger partial charge in [-0.15, -0.1) is 0 Å². The largest absolute Gasteiger partial charge is 0.356 e. The molecule has 0 aliphatic carbocycles. The van der Waals surface area contributed by atoms with Crippen molar-refractivity contribution in [1.29, 1.82) is 0 Å². The lowest BCUT2D eigenvalue weighted by Gasteiger charge is -2.25. The Balaban J connectivity index is 1.89.